The van der Waals surface area contributed by atoms with Crippen LogP contribution in [0.1, 0.15) is 24.6 Å². The Morgan fingerprint density at radius 2 is 2.07 bits per heavy atom. The van der Waals surface area contributed by atoms with Gasteiger partial charge in [-0.2, -0.15) is 5.10 Å². The Morgan fingerprint density at radius 3 is 2.89 bits per heavy atom. The fourth-order valence-electron chi connectivity index (χ4n) is 3.70. The molecule has 1 N–H and O–H groups in total. The molecule has 1 fully saturated rings. The minimum absolute atomic E-state index is 0.00479. The molecule has 9 heteroatoms. The van der Waals surface area contributed by atoms with Gasteiger partial charge < -0.3 is 5.32 Å². The normalized spacial score (nSPS) is 15.8. The number of hydrogen-bond acceptors (Lipinski definition) is 7. The minimum Gasteiger partial charge on any atom is -0.317 e. The second kappa shape index (κ2) is 6.21. The molecule has 5 heterocycles. The van der Waals surface area contributed by atoms with Crippen molar-refractivity contribution >= 4 is 32.6 Å². The van der Waals surface area contributed by atoms with E-state index in [1.807, 2.05) is 26.2 Å². The third-order valence-electron chi connectivity index (χ3n) is 5.04. The molecule has 0 unspecified atom stereocenters. The third-order valence-corrected chi connectivity index (χ3v) is 6.10. The number of pyridine rings is 1. The van der Waals surface area contributed by atoms with Crippen molar-refractivity contribution in [3.63, 3.8) is 0 Å². The molecule has 0 spiro atoms. The van der Waals surface area contributed by atoms with Crippen LogP contribution in [0.2, 0.25) is 0 Å². The molecule has 1 aliphatic rings. The Hall–Kier alpha value is -2.65. The summed E-state index contributed by atoms with van der Waals surface area (Å²) < 4.78 is 4.14. The Morgan fingerprint density at radius 1 is 1.26 bits per heavy atom. The van der Waals surface area contributed by atoms with E-state index >= 15 is 0 Å². The average molecular weight is 381 g/mol. The van der Waals surface area contributed by atoms with Crippen molar-refractivity contribution in [3.05, 3.63) is 34.6 Å². The quantitative estimate of drug-likeness (QED) is 0.571. The molecule has 0 radical (unpaired) electrons. The smallest absolute Gasteiger partial charge is 0.273 e. The zero-order chi connectivity index (χ0) is 18.5. The first-order chi connectivity index (χ1) is 13.1. The fraction of sp³-hybridized carbons (Fsp3) is 0.389. The summed E-state index contributed by atoms with van der Waals surface area (Å²) in [5, 5.41) is 9.49. The van der Waals surface area contributed by atoms with Crippen molar-refractivity contribution in [2.24, 2.45) is 7.05 Å². The van der Waals surface area contributed by atoms with Crippen LogP contribution in [0, 0.1) is 6.92 Å². The summed E-state index contributed by atoms with van der Waals surface area (Å²) in [5.74, 6) is 0. The maximum atomic E-state index is 13.0. The van der Waals surface area contributed by atoms with Crippen LogP contribution in [0.4, 0.5) is 0 Å². The number of fused-ring (bicyclic) bond motifs is 2. The molecule has 8 nitrogen and oxygen atoms in total. The molecule has 27 heavy (non-hydrogen) atoms. The average Bonchev–Trinajstić information content (AvgIpc) is 3.26. The van der Waals surface area contributed by atoms with Gasteiger partial charge in [-0.15, -0.1) is 11.3 Å². The van der Waals surface area contributed by atoms with Gasteiger partial charge in [-0.1, -0.05) is 0 Å². The summed E-state index contributed by atoms with van der Waals surface area (Å²) in [6.45, 7) is 3.79. The molecule has 5 rings (SSSR count). The number of nitrogens with zero attached hydrogens (tertiary/aromatic N) is 6. The van der Waals surface area contributed by atoms with Crippen LogP contribution in [-0.4, -0.2) is 42.4 Å². The SMILES string of the molecule is Cc1nc(-c2nc3ncn(C4CCNCC4)c(=O)c3s2)cc2cn(C)nc12. The largest absolute Gasteiger partial charge is 0.317 e. The Kier molecular flexibility index (Phi) is 3.80. The monoisotopic (exact) mass is 381 g/mol. The predicted molar refractivity (Wildman–Crippen MR) is 105 cm³/mol. The summed E-state index contributed by atoms with van der Waals surface area (Å²) in [4.78, 5) is 26.7. The molecule has 0 saturated carbocycles. The second-order valence-electron chi connectivity index (χ2n) is 6.94. The molecule has 0 bridgehead atoms. The van der Waals surface area contributed by atoms with Crippen molar-refractivity contribution in [1.82, 2.24) is 34.6 Å². The topological polar surface area (TPSA) is 90.5 Å². The van der Waals surface area contributed by atoms with Crippen molar-refractivity contribution in [3.8, 4) is 10.7 Å². The maximum absolute atomic E-state index is 13.0. The zero-order valence-corrected chi connectivity index (χ0v) is 16.0. The van der Waals surface area contributed by atoms with E-state index in [4.69, 9.17) is 0 Å². The molecule has 1 saturated heterocycles. The standard InChI is InChI=1S/C18H19N7OS/c1-10-14-11(8-24(2)23-14)7-13(21-10)17-22-16-15(27-17)18(26)25(9-20-16)12-3-5-19-6-4-12/h7-9,12,19H,3-6H2,1-2H3. The lowest BCUT2D eigenvalue weighted by Gasteiger charge is -2.24. The van der Waals surface area contributed by atoms with E-state index < -0.39 is 0 Å². The zero-order valence-electron chi connectivity index (χ0n) is 15.1. The van der Waals surface area contributed by atoms with Gasteiger partial charge in [0.25, 0.3) is 5.56 Å². The van der Waals surface area contributed by atoms with E-state index in [0.29, 0.717) is 15.4 Å². The number of aromatic nitrogens is 6. The van der Waals surface area contributed by atoms with Gasteiger partial charge in [-0.3, -0.25) is 14.0 Å². The lowest BCUT2D eigenvalue weighted by atomic mass is 10.1. The van der Waals surface area contributed by atoms with Crippen LogP contribution in [0.3, 0.4) is 0 Å². The summed E-state index contributed by atoms with van der Waals surface area (Å²) in [6, 6.07) is 2.17. The van der Waals surface area contributed by atoms with Gasteiger partial charge >= 0.3 is 0 Å². The van der Waals surface area contributed by atoms with E-state index in [1.54, 1.807) is 15.6 Å². The predicted octanol–water partition coefficient (Wildman–Crippen LogP) is 2.03. The Balaban J connectivity index is 1.62. The number of rotatable bonds is 2. The van der Waals surface area contributed by atoms with Crippen LogP contribution in [0.5, 0.6) is 0 Å². The maximum Gasteiger partial charge on any atom is 0.273 e. The van der Waals surface area contributed by atoms with Crippen LogP contribution in [0.15, 0.2) is 23.4 Å². The van der Waals surface area contributed by atoms with E-state index in [1.165, 1.54) is 11.3 Å². The fourth-order valence-corrected chi connectivity index (χ4v) is 4.61. The first-order valence-corrected chi connectivity index (χ1v) is 9.81. The van der Waals surface area contributed by atoms with E-state index in [0.717, 1.165) is 48.2 Å². The summed E-state index contributed by atoms with van der Waals surface area (Å²) in [7, 11) is 1.89. The molecule has 4 aromatic rings. The molecule has 0 atom stereocenters. The highest BCUT2D eigenvalue weighted by atomic mass is 32.1. The van der Waals surface area contributed by atoms with Crippen molar-refractivity contribution in [2.75, 3.05) is 13.1 Å². The van der Waals surface area contributed by atoms with Gasteiger partial charge in [0.1, 0.15) is 27.2 Å². The van der Waals surface area contributed by atoms with Crippen molar-refractivity contribution < 1.29 is 0 Å². The molecule has 1 aliphatic heterocycles. The first-order valence-electron chi connectivity index (χ1n) is 9.00. The molecule has 0 aliphatic carbocycles. The molecular weight excluding hydrogens is 362 g/mol. The Bertz CT molecular complexity index is 1220. The van der Waals surface area contributed by atoms with Gasteiger partial charge in [-0.05, 0) is 38.9 Å². The highest BCUT2D eigenvalue weighted by Crippen LogP contribution is 2.29. The third kappa shape index (κ3) is 2.74. The molecule has 138 valence electrons. The van der Waals surface area contributed by atoms with E-state index in [2.05, 4.69) is 25.4 Å². The van der Waals surface area contributed by atoms with Gasteiger partial charge in [0.15, 0.2) is 5.65 Å². The number of hydrogen-bond donors (Lipinski definition) is 1. The molecule has 0 aromatic carbocycles. The van der Waals surface area contributed by atoms with E-state index in [-0.39, 0.29) is 11.6 Å². The molecule has 4 aromatic heterocycles. The summed E-state index contributed by atoms with van der Waals surface area (Å²) >= 11 is 1.37. The minimum atomic E-state index is -0.00479. The van der Waals surface area contributed by atoms with Gasteiger partial charge in [0.05, 0.1) is 5.69 Å². The van der Waals surface area contributed by atoms with Gasteiger partial charge in [0.2, 0.25) is 0 Å². The summed E-state index contributed by atoms with van der Waals surface area (Å²) in [5.41, 5.74) is 2.98. The number of nitrogens with one attached hydrogen (secondary N) is 1. The van der Waals surface area contributed by atoms with Crippen LogP contribution in [-0.2, 0) is 7.05 Å². The highest BCUT2D eigenvalue weighted by molar-refractivity contribution is 7.21. The number of piperidine rings is 1. The lowest BCUT2D eigenvalue weighted by molar-refractivity contribution is 0.359. The molecule has 0 amide bonds. The second-order valence-corrected chi connectivity index (χ2v) is 7.94. The van der Waals surface area contributed by atoms with Crippen molar-refractivity contribution in [2.45, 2.75) is 25.8 Å². The highest BCUT2D eigenvalue weighted by Gasteiger charge is 2.20. The molecular formula is C18H19N7OS. The lowest BCUT2D eigenvalue weighted by Crippen LogP contribution is -2.34. The van der Waals surface area contributed by atoms with Crippen LogP contribution >= 0.6 is 11.3 Å². The van der Waals surface area contributed by atoms with Gasteiger partial charge in [-0.25, -0.2) is 15.0 Å². The Labute approximate surface area is 158 Å². The number of thiazole rings is 1. The van der Waals surface area contributed by atoms with E-state index in [9.17, 15) is 4.79 Å². The van der Waals surface area contributed by atoms with Crippen molar-refractivity contribution in [1.29, 1.82) is 0 Å². The first kappa shape index (κ1) is 16.5. The van der Waals surface area contributed by atoms with Gasteiger partial charge in [0, 0.05) is 24.7 Å². The number of aryl methyl sites for hydroxylation is 2. The summed E-state index contributed by atoms with van der Waals surface area (Å²) in [6.07, 6.45) is 5.49. The van der Waals surface area contributed by atoms with Crippen LogP contribution in [0.25, 0.3) is 32.0 Å². The van der Waals surface area contributed by atoms with Crippen LogP contribution < -0.4 is 10.9 Å².